The highest BCUT2D eigenvalue weighted by atomic mass is 16.6. The number of rotatable bonds is 6. The second kappa shape index (κ2) is 6.93. The van der Waals surface area contributed by atoms with Crippen molar-refractivity contribution in [2.24, 2.45) is 0 Å². The molecule has 2 aromatic rings. The van der Waals surface area contributed by atoms with Gasteiger partial charge in [-0.05, 0) is 49.2 Å². The molecule has 4 nitrogen and oxygen atoms in total. The Bertz CT molecular complexity index is 560. The van der Waals surface area contributed by atoms with E-state index in [4.69, 9.17) is 18.8 Å². The number of aryl methyl sites for hydroxylation is 2. The molecule has 0 radical (unpaired) electrons. The topological polar surface area (TPSA) is 36.9 Å². The summed E-state index contributed by atoms with van der Waals surface area (Å²) in [7, 11) is 3.39. The summed E-state index contributed by atoms with van der Waals surface area (Å²) in [5, 5.41) is 0. The summed E-state index contributed by atoms with van der Waals surface area (Å²) in [6.07, 6.45) is 0. The van der Waals surface area contributed by atoms with Gasteiger partial charge in [-0.3, -0.25) is 0 Å². The van der Waals surface area contributed by atoms with E-state index in [0.717, 1.165) is 22.6 Å². The third-order valence-corrected chi connectivity index (χ3v) is 2.97. The minimum absolute atomic E-state index is 0.124. The molecule has 0 N–H and O–H groups in total. The predicted octanol–water partition coefficient (Wildman–Crippen LogP) is 3.04. The molecule has 0 spiro atoms. The average Bonchev–Trinajstić information content (AvgIpc) is 2.46. The lowest BCUT2D eigenvalue weighted by Crippen LogP contribution is -2.11. The van der Waals surface area contributed by atoms with Gasteiger partial charge in [-0.1, -0.05) is 0 Å². The SMILES string of the molecule is COc1cc(C)cc(OBOc2cc(C)cc(OC)c2)c1. The van der Waals surface area contributed by atoms with Crippen molar-refractivity contribution in [1.82, 2.24) is 0 Å². The van der Waals surface area contributed by atoms with Gasteiger partial charge in [-0.2, -0.15) is 0 Å². The summed E-state index contributed by atoms with van der Waals surface area (Å²) in [6.45, 7) is 3.98. The predicted molar refractivity (Wildman–Crippen MR) is 83.9 cm³/mol. The Kier molecular flexibility index (Phi) is 4.98. The van der Waals surface area contributed by atoms with Crippen LogP contribution < -0.4 is 18.8 Å². The highest BCUT2D eigenvalue weighted by Crippen LogP contribution is 2.24. The smallest absolute Gasteiger partial charge is 0.528 e. The highest BCUT2D eigenvalue weighted by molar-refractivity contribution is 6.20. The summed E-state index contributed by atoms with van der Waals surface area (Å²) in [5.41, 5.74) is 2.14. The van der Waals surface area contributed by atoms with Crippen LogP contribution in [-0.2, 0) is 0 Å². The molecule has 0 aliphatic heterocycles. The maximum atomic E-state index is 5.60. The Morgan fingerprint density at radius 3 is 1.38 bits per heavy atom. The van der Waals surface area contributed by atoms with Crippen LogP contribution in [0.5, 0.6) is 23.0 Å². The number of methoxy groups -OCH3 is 2. The lowest BCUT2D eigenvalue weighted by Gasteiger charge is -2.11. The first-order valence-electron chi connectivity index (χ1n) is 6.67. The first-order chi connectivity index (χ1) is 10.1. The lowest BCUT2D eigenvalue weighted by atomic mass is 10.2. The zero-order chi connectivity index (χ0) is 15.2. The van der Waals surface area contributed by atoms with Crippen LogP contribution in [0.2, 0.25) is 0 Å². The molecule has 0 saturated heterocycles. The molecule has 0 atom stereocenters. The van der Waals surface area contributed by atoms with Gasteiger partial charge >= 0.3 is 7.69 Å². The standard InChI is InChI=1S/C16H19BO4/c1-11-5-13(18-3)9-15(7-11)20-17-21-16-8-12(2)6-14(10-16)19-4/h5-10,17H,1-4H3. The van der Waals surface area contributed by atoms with Gasteiger partial charge in [0.25, 0.3) is 0 Å². The van der Waals surface area contributed by atoms with E-state index in [1.807, 2.05) is 50.2 Å². The van der Waals surface area contributed by atoms with E-state index in [1.165, 1.54) is 0 Å². The van der Waals surface area contributed by atoms with Crippen LogP contribution in [0, 0.1) is 13.8 Å². The van der Waals surface area contributed by atoms with Crippen LogP contribution in [0.25, 0.3) is 0 Å². The molecule has 0 fully saturated rings. The molecule has 110 valence electrons. The molecule has 0 aliphatic rings. The summed E-state index contributed by atoms with van der Waals surface area (Å²) < 4.78 is 21.6. The van der Waals surface area contributed by atoms with Crippen LogP contribution >= 0.6 is 0 Å². The molecule has 2 rings (SSSR count). The zero-order valence-corrected chi connectivity index (χ0v) is 12.8. The largest absolute Gasteiger partial charge is 0.576 e. The second-order valence-electron chi connectivity index (χ2n) is 4.78. The van der Waals surface area contributed by atoms with Crippen molar-refractivity contribution >= 4 is 7.69 Å². The summed E-state index contributed by atoms with van der Waals surface area (Å²) >= 11 is 0. The first kappa shape index (κ1) is 15.1. The Labute approximate surface area is 125 Å². The fourth-order valence-electron chi connectivity index (χ4n) is 2.00. The molecule has 21 heavy (non-hydrogen) atoms. The van der Waals surface area contributed by atoms with Crippen molar-refractivity contribution in [2.45, 2.75) is 13.8 Å². The Morgan fingerprint density at radius 1 is 0.619 bits per heavy atom. The fraction of sp³-hybridized carbons (Fsp3) is 0.250. The van der Waals surface area contributed by atoms with E-state index >= 15 is 0 Å². The van der Waals surface area contributed by atoms with Crippen LogP contribution in [0.15, 0.2) is 36.4 Å². The van der Waals surface area contributed by atoms with Crippen LogP contribution in [0.3, 0.4) is 0 Å². The number of ether oxygens (including phenoxy) is 2. The molecule has 0 bridgehead atoms. The minimum atomic E-state index is 0.124. The van der Waals surface area contributed by atoms with Gasteiger partial charge in [-0.15, -0.1) is 0 Å². The third-order valence-electron chi connectivity index (χ3n) is 2.97. The maximum Gasteiger partial charge on any atom is 0.576 e. The summed E-state index contributed by atoms with van der Waals surface area (Å²) in [4.78, 5) is 0. The van der Waals surface area contributed by atoms with E-state index in [1.54, 1.807) is 14.2 Å². The van der Waals surface area contributed by atoms with Gasteiger partial charge < -0.3 is 18.8 Å². The van der Waals surface area contributed by atoms with E-state index in [9.17, 15) is 0 Å². The van der Waals surface area contributed by atoms with Crippen molar-refractivity contribution < 1.29 is 18.8 Å². The molecule has 0 aliphatic carbocycles. The molecule has 0 unspecified atom stereocenters. The van der Waals surface area contributed by atoms with Crippen molar-refractivity contribution in [3.8, 4) is 23.0 Å². The molecule has 0 amide bonds. The van der Waals surface area contributed by atoms with Gasteiger partial charge in [0.15, 0.2) is 0 Å². The van der Waals surface area contributed by atoms with E-state index in [2.05, 4.69) is 0 Å². The van der Waals surface area contributed by atoms with E-state index in [-0.39, 0.29) is 7.69 Å². The van der Waals surface area contributed by atoms with Crippen LogP contribution in [-0.4, -0.2) is 21.9 Å². The molecule has 0 saturated carbocycles. The van der Waals surface area contributed by atoms with Crippen molar-refractivity contribution in [3.05, 3.63) is 47.5 Å². The quantitative estimate of drug-likeness (QED) is 0.765. The van der Waals surface area contributed by atoms with Gasteiger partial charge in [0, 0.05) is 12.1 Å². The van der Waals surface area contributed by atoms with E-state index < -0.39 is 0 Å². The van der Waals surface area contributed by atoms with Crippen LogP contribution in [0.4, 0.5) is 0 Å². The highest BCUT2D eigenvalue weighted by Gasteiger charge is 2.04. The molecular formula is C16H19BO4. The molecule has 0 aromatic heterocycles. The minimum Gasteiger partial charge on any atom is -0.528 e. The summed E-state index contributed by atoms with van der Waals surface area (Å²) in [6, 6.07) is 11.4. The number of benzene rings is 2. The van der Waals surface area contributed by atoms with Gasteiger partial charge in [0.1, 0.15) is 23.0 Å². The molecule has 2 aromatic carbocycles. The normalized spacial score (nSPS) is 9.90. The van der Waals surface area contributed by atoms with Crippen LogP contribution in [0.1, 0.15) is 11.1 Å². The summed E-state index contributed by atoms with van der Waals surface area (Å²) in [5.74, 6) is 2.96. The number of hydrogen-bond acceptors (Lipinski definition) is 4. The van der Waals surface area contributed by atoms with Gasteiger partial charge in [-0.25, -0.2) is 0 Å². The Hall–Kier alpha value is -2.30. The Balaban J connectivity index is 1.98. The first-order valence-corrected chi connectivity index (χ1v) is 6.67. The Morgan fingerprint density at radius 2 is 1.00 bits per heavy atom. The van der Waals surface area contributed by atoms with Gasteiger partial charge in [0.05, 0.1) is 14.2 Å². The average molecular weight is 286 g/mol. The van der Waals surface area contributed by atoms with E-state index in [0.29, 0.717) is 11.5 Å². The third kappa shape index (κ3) is 4.34. The maximum absolute atomic E-state index is 5.60. The van der Waals surface area contributed by atoms with Crippen molar-refractivity contribution in [3.63, 3.8) is 0 Å². The zero-order valence-electron chi connectivity index (χ0n) is 12.8. The van der Waals surface area contributed by atoms with Crippen molar-refractivity contribution in [1.29, 1.82) is 0 Å². The number of hydrogen-bond donors (Lipinski definition) is 0. The van der Waals surface area contributed by atoms with Crippen molar-refractivity contribution in [2.75, 3.05) is 14.2 Å². The molecule has 5 heteroatoms. The molecular weight excluding hydrogens is 267 g/mol. The van der Waals surface area contributed by atoms with Gasteiger partial charge in [0.2, 0.25) is 0 Å². The lowest BCUT2D eigenvalue weighted by molar-refractivity contribution is 0.406. The molecule has 0 heterocycles. The second-order valence-corrected chi connectivity index (χ2v) is 4.78. The monoisotopic (exact) mass is 286 g/mol. The fourth-order valence-corrected chi connectivity index (χ4v) is 2.00.